The largest absolute Gasteiger partial charge is 0.451 e. The summed E-state index contributed by atoms with van der Waals surface area (Å²) in [6.45, 7) is 1.18. The van der Waals surface area contributed by atoms with Gasteiger partial charge in [-0.05, 0) is 49.7 Å². The zero-order valence-corrected chi connectivity index (χ0v) is 16.4. The molecule has 0 fully saturated rings. The third-order valence-electron chi connectivity index (χ3n) is 4.02. The number of rotatable bonds is 8. The summed E-state index contributed by atoms with van der Waals surface area (Å²) >= 11 is 1.54. The van der Waals surface area contributed by atoms with Gasteiger partial charge in [-0.1, -0.05) is 18.2 Å². The topological polar surface area (TPSA) is 68.3 Å². The number of carbonyl (C=O) groups excluding carboxylic acids is 1. The van der Waals surface area contributed by atoms with Crippen LogP contribution in [0.3, 0.4) is 0 Å². The molecule has 0 bridgehead atoms. The van der Waals surface area contributed by atoms with E-state index < -0.39 is 0 Å². The Bertz CT molecular complexity index is 883. The van der Waals surface area contributed by atoms with Crippen molar-refractivity contribution in [3.63, 3.8) is 0 Å². The zero-order valence-electron chi connectivity index (χ0n) is 14.7. The van der Waals surface area contributed by atoms with Gasteiger partial charge < -0.3 is 15.5 Å². The van der Waals surface area contributed by atoms with E-state index in [1.807, 2.05) is 24.3 Å². The van der Waals surface area contributed by atoms with Crippen molar-refractivity contribution in [3.8, 4) is 0 Å². The van der Waals surface area contributed by atoms with Gasteiger partial charge in [-0.15, -0.1) is 24.2 Å². The lowest BCUT2D eigenvalue weighted by atomic mass is 10.1. The lowest BCUT2D eigenvalue weighted by Gasteiger charge is -2.06. The maximum atomic E-state index is 13.1. The maximum absolute atomic E-state index is 13.1. The number of fused-ring (bicyclic) bond motifs is 1. The predicted octanol–water partition coefficient (Wildman–Crippen LogP) is 4.75. The molecule has 1 aromatic heterocycles. The van der Waals surface area contributed by atoms with Gasteiger partial charge in [-0.25, -0.2) is 4.39 Å². The lowest BCUT2D eigenvalue weighted by molar-refractivity contribution is 0.0926. The average Bonchev–Trinajstić information content (AvgIpc) is 3.03. The first-order valence-electron chi connectivity index (χ1n) is 8.56. The number of benzene rings is 2. The molecule has 0 aliphatic rings. The Hall–Kier alpha value is -2.02. The summed E-state index contributed by atoms with van der Waals surface area (Å²) in [6, 6.07) is 13.9. The predicted molar refractivity (Wildman–Crippen MR) is 110 cm³/mol. The van der Waals surface area contributed by atoms with E-state index in [2.05, 4.69) is 5.32 Å². The number of furan rings is 1. The number of nitrogens with two attached hydrogens (primary N) is 1. The summed E-state index contributed by atoms with van der Waals surface area (Å²) in [5, 5.41) is 3.82. The smallest absolute Gasteiger partial charge is 0.287 e. The molecule has 0 aliphatic carbocycles. The van der Waals surface area contributed by atoms with Crippen LogP contribution in [0.15, 0.2) is 57.8 Å². The number of thioether (sulfide) groups is 1. The standard InChI is InChI=1S/C20H21FN2O2S.ClH/c21-14-7-9-15(10-8-14)26-13-17-16-5-1-2-6-18(16)25-19(17)20(24)23-12-4-3-11-22;/h1-2,5-10H,3-4,11-13,22H2,(H,23,24);1H. The van der Waals surface area contributed by atoms with Gasteiger partial charge in [0.25, 0.3) is 5.91 Å². The van der Waals surface area contributed by atoms with Gasteiger partial charge in [-0.3, -0.25) is 4.79 Å². The second-order valence-electron chi connectivity index (χ2n) is 5.90. The molecule has 3 rings (SSSR count). The first kappa shape index (κ1) is 21.3. The van der Waals surface area contributed by atoms with Crippen LogP contribution < -0.4 is 11.1 Å². The van der Waals surface area contributed by atoms with Crippen LogP contribution in [0.2, 0.25) is 0 Å². The van der Waals surface area contributed by atoms with Crippen molar-refractivity contribution in [1.82, 2.24) is 5.32 Å². The third-order valence-corrected chi connectivity index (χ3v) is 5.06. The first-order valence-corrected chi connectivity index (χ1v) is 9.54. The maximum Gasteiger partial charge on any atom is 0.287 e. The van der Waals surface area contributed by atoms with Crippen LogP contribution in [0.5, 0.6) is 0 Å². The number of para-hydroxylation sites is 1. The molecule has 1 amide bonds. The van der Waals surface area contributed by atoms with Crippen molar-refractivity contribution in [2.45, 2.75) is 23.5 Å². The third kappa shape index (κ3) is 5.48. The van der Waals surface area contributed by atoms with Crippen molar-refractivity contribution in [1.29, 1.82) is 0 Å². The Labute approximate surface area is 168 Å². The number of unbranched alkanes of at least 4 members (excludes halogenated alkanes) is 1. The Kier molecular flexibility index (Phi) is 8.16. The molecule has 7 heteroatoms. The fourth-order valence-corrected chi connectivity index (χ4v) is 3.59. The first-order chi connectivity index (χ1) is 12.7. The van der Waals surface area contributed by atoms with Crippen LogP contribution in [0, 0.1) is 5.82 Å². The SMILES string of the molecule is Cl.NCCCCNC(=O)c1oc2ccccc2c1CSc1ccc(F)cc1. The highest BCUT2D eigenvalue weighted by molar-refractivity contribution is 7.98. The molecule has 2 aromatic carbocycles. The van der Waals surface area contributed by atoms with Crippen LogP contribution in [-0.2, 0) is 5.75 Å². The fourth-order valence-electron chi connectivity index (χ4n) is 2.66. The summed E-state index contributed by atoms with van der Waals surface area (Å²) in [6.07, 6.45) is 1.70. The molecule has 0 radical (unpaired) electrons. The van der Waals surface area contributed by atoms with Gasteiger partial charge in [0, 0.05) is 28.1 Å². The van der Waals surface area contributed by atoms with Crippen LogP contribution in [0.4, 0.5) is 4.39 Å². The molecule has 0 atom stereocenters. The zero-order chi connectivity index (χ0) is 18.4. The van der Waals surface area contributed by atoms with Crippen LogP contribution >= 0.6 is 24.2 Å². The number of hydrogen-bond acceptors (Lipinski definition) is 4. The van der Waals surface area contributed by atoms with E-state index in [0.717, 1.165) is 28.7 Å². The number of hydrogen-bond donors (Lipinski definition) is 2. The highest BCUT2D eigenvalue weighted by atomic mass is 35.5. The minimum Gasteiger partial charge on any atom is -0.451 e. The van der Waals surface area contributed by atoms with E-state index in [9.17, 15) is 9.18 Å². The van der Waals surface area contributed by atoms with Gasteiger partial charge in [-0.2, -0.15) is 0 Å². The molecule has 144 valence electrons. The fraction of sp³-hybridized carbons (Fsp3) is 0.250. The van der Waals surface area contributed by atoms with E-state index in [4.69, 9.17) is 10.2 Å². The Morgan fingerprint density at radius 2 is 1.85 bits per heavy atom. The van der Waals surface area contributed by atoms with E-state index in [1.165, 1.54) is 12.1 Å². The van der Waals surface area contributed by atoms with Crippen molar-refractivity contribution in [3.05, 3.63) is 65.7 Å². The highest BCUT2D eigenvalue weighted by Gasteiger charge is 2.20. The molecule has 3 N–H and O–H groups in total. The van der Waals surface area contributed by atoms with Crippen molar-refractivity contribution in [2.24, 2.45) is 5.73 Å². The summed E-state index contributed by atoms with van der Waals surface area (Å²) < 4.78 is 18.9. The quantitative estimate of drug-likeness (QED) is 0.416. The van der Waals surface area contributed by atoms with Crippen LogP contribution in [0.25, 0.3) is 11.0 Å². The van der Waals surface area contributed by atoms with Gasteiger partial charge >= 0.3 is 0 Å². The van der Waals surface area contributed by atoms with E-state index >= 15 is 0 Å². The highest BCUT2D eigenvalue weighted by Crippen LogP contribution is 2.32. The number of halogens is 2. The second-order valence-corrected chi connectivity index (χ2v) is 6.95. The van der Waals surface area contributed by atoms with Crippen LogP contribution in [-0.4, -0.2) is 19.0 Å². The Balaban J connectivity index is 0.00000261. The molecule has 4 nitrogen and oxygen atoms in total. The minimum absolute atomic E-state index is 0. The Morgan fingerprint density at radius 3 is 2.59 bits per heavy atom. The Morgan fingerprint density at radius 1 is 1.11 bits per heavy atom. The molecule has 0 aliphatic heterocycles. The monoisotopic (exact) mass is 408 g/mol. The van der Waals surface area contributed by atoms with E-state index in [1.54, 1.807) is 23.9 Å². The average molecular weight is 409 g/mol. The molecular formula is C20H22ClFN2O2S. The minimum atomic E-state index is -0.263. The molecule has 0 spiro atoms. The van der Waals surface area contributed by atoms with E-state index in [0.29, 0.717) is 30.2 Å². The summed E-state index contributed by atoms with van der Waals surface area (Å²) in [4.78, 5) is 13.5. The number of nitrogens with one attached hydrogen (secondary N) is 1. The van der Waals surface area contributed by atoms with Gasteiger partial charge in [0.15, 0.2) is 5.76 Å². The molecule has 27 heavy (non-hydrogen) atoms. The summed E-state index contributed by atoms with van der Waals surface area (Å²) in [5.41, 5.74) is 7.02. The van der Waals surface area contributed by atoms with Gasteiger partial charge in [0.05, 0.1) is 0 Å². The molecule has 0 saturated heterocycles. The molecule has 3 aromatic rings. The molecular weight excluding hydrogens is 387 g/mol. The van der Waals surface area contributed by atoms with E-state index in [-0.39, 0.29) is 24.1 Å². The van der Waals surface area contributed by atoms with Gasteiger partial charge in [0.2, 0.25) is 0 Å². The summed E-state index contributed by atoms with van der Waals surface area (Å²) in [5.74, 6) is 0.427. The molecule has 0 unspecified atom stereocenters. The van der Waals surface area contributed by atoms with Crippen molar-refractivity contribution < 1.29 is 13.6 Å². The van der Waals surface area contributed by atoms with Crippen LogP contribution in [0.1, 0.15) is 29.0 Å². The normalized spacial score (nSPS) is 10.6. The number of amides is 1. The molecule has 1 heterocycles. The lowest BCUT2D eigenvalue weighted by Crippen LogP contribution is -2.25. The summed E-state index contributed by atoms with van der Waals surface area (Å²) in [7, 11) is 0. The van der Waals surface area contributed by atoms with Crippen molar-refractivity contribution >= 4 is 41.0 Å². The number of carbonyl (C=O) groups is 1. The molecule has 0 saturated carbocycles. The van der Waals surface area contributed by atoms with Crippen molar-refractivity contribution in [2.75, 3.05) is 13.1 Å². The van der Waals surface area contributed by atoms with Gasteiger partial charge in [0.1, 0.15) is 11.4 Å². The second kappa shape index (κ2) is 10.3.